The number of fused-ring (bicyclic) bond motifs is 1. The molecule has 0 saturated carbocycles. The van der Waals surface area contributed by atoms with Gasteiger partial charge in [0.15, 0.2) is 11.5 Å². The van der Waals surface area contributed by atoms with Crippen molar-refractivity contribution in [3.63, 3.8) is 0 Å². The first-order chi connectivity index (χ1) is 15.5. The molecule has 0 bridgehead atoms. The molecular weight excluding hydrogens is 410 g/mol. The van der Waals surface area contributed by atoms with Crippen LogP contribution in [0.5, 0.6) is 11.5 Å². The minimum absolute atomic E-state index is 0.0507. The summed E-state index contributed by atoms with van der Waals surface area (Å²) in [5, 5.41) is 0. The quantitative estimate of drug-likeness (QED) is 0.658. The van der Waals surface area contributed by atoms with Crippen LogP contribution in [0.4, 0.5) is 0 Å². The van der Waals surface area contributed by atoms with Crippen molar-refractivity contribution in [2.75, 3.05) is 33.0 Å². The third-order valence-corrected chi connectivity index (χ3v) is 5.47. The summed E-state index contributed by atoms with van der Waals surface area (Å²) in [7, 11) is 0. The van der Waals surface area contributed by atoms with E-state index in [1.165, 1.54) is 0 Å². The molecule has 1 aromatic carbocycles. The normalized spacial score (nSPS) is 18.2. The number of aromatic nitrogens is 1. The summed E-state index contributed by atoms with van der Waals surface area (Å²) < 4.78 is 16.9. The lowest BCUT2D eigenvalue weighted by atomic mass is 10.1. The second-order valence-electron chi connectivity index (χ2n) is 8.63. The van der Waals surface area contributed by atoms with Gasteiger partial charge in [-0.15, -0.1) is 0 Å². The van der Waals surface area contributed by atoms with Gasteiger partial charge in [0, 0.05) is 32.0 Å². The van der Waals surface area contributed by atoms with Gasteiger partial charge in [0.1, 0.15) is 0 Å². The zero-order chi connectivity index (χ0) is 22.5. The minimum atomic E-state index is -0.277. The van der Waals surface area contributed by atoms with E-state index in [4.69, 9.17) is 14.2 Å². The van der Waals surface area contributed by atoms with Crippen LogP contribution in [0, 0.1) is 5.92 Å². The molecule has 170 valence electrons. The van der Waals surface area contributed by atoms with Crippen molar-refractivity contribution in [1.29, 1.82) is 0 Å². The van der Waals surface area contributed by atoms with Crippen LogP contribution in [0.3, 0.4) is 0 Å². The highest BCUT2D eigenvalue weighted by atomic mass is 16.7. The van der Waals surface area contributed by atoms with E-state index in [-0.39, 0.29) is 37.7 Å². The number of hydrogen-bond donors (Lipinski definition) is 0. The van der Waals surface area contributed by atoms with Gasteiger partial charge in [-0.3, -0.25) is 14.6 Å². The molecule has 8 nitrogen and oxygen atoms in total. The van der Waals surface area contributed by atoms with Crippen LogP contribution < -0.4 is 9.47 Å². The number of rotatable bonds is 7. The van der Waals surface area contributed by atoms with E-state index in [1.807, 2.05) is 35.2 Å². The largest absolute Gasteiger partial charge is 0.454 e. The predicted molar refractivity (Wildman–Crippen MR) is 117 cm³/mol. The minimum Gasteiger partial charge on any atom is -0.454 e. The first-order valence-electron chi connectivity index (χ1n) is 10.9. The Morgan fingerprint density at radius 2 is 2.03 bits per heavy atom. The highest BCUT2D eigenvalue weighted by molar-refractivity contribution is 5.86. The van der Waals surface area contributed by atoms with Gasteiger partial charge in [0.25, 0.3) is 0 Å². The number of ether oxygens (including phenoxy) is 3. The Labute approximate surface area is 188 Å². The Kier molecular flexibility index (Phi) is 6.90. The van der Waals surface area contributed by atoms with Crippen molar-refractivity contribution < 1.29 is 23.8 Å². The van der Waals surface area contributed by atoms with Crippen molar-refractivity contribution in [1.82, 2.24) is 14.8 Å². The smallest absolute Gasteiger partial charge is 0.242 e. The molecule has 1 aromatic heterocycles. The first-order valence-corrected chi connectivity index (χ1v) is 10.9. The molecule has 3 heterocycles. The lowest BCUT2D eigenvalue weighted by Gasteiger charge is -2.26. The number of pyridine rings is 1. The summed E-state index contributed by atoms with van der Waals surface area (Å²) >= 11 is 0. The Bertz CT molecular complexity index is 950. The first kappa shape index (κ1) is 22.1. The Hall–Kier alpha value is -3.13. The molecule has 4 rings (SSSR count). The van der Waals surface area contributed by atoms with Crippen molar-refractivity contribution in [2.45, 2.75) is 33.0 Å². The fourth-order valence-electron chi connectivity index (χ4n) is 3.93. The van der Waals surface area contributed by atoms with E-state index >= 15 is 0 Å². The van der Waals surface area contributed by atoms with Gasteiger partial charge in [-0.2, -0.15) is 0 Å². The average Bonchev–Trinajstić information content (AvgIpc) is 3.18. The molecule has 2 aliphatic heterocycles. The van der Waals surface area contributed by atoms with Gasteiger partial charge in [-0.1, -0.05) is 26.0 Å². The molecule has 2 aromatic rings. The van der Waals surface area contributed by atoms with E-state index in [0.29, 0.717) is 43.7 Å². The van der Waals surface area contributed by atoms with Crippen LogP contribution in [-0.2, 0) is 27.4 Å². The van der Waals surface area contributed by atoms with E-state index in [2.05, 4.69) is 18.8 Å². The lowest BCUT2D eigenvalue weighted by Crippen LogP contribution is -2.41. The maximum absolute atomic E-state index is 13.1. The van der Waals surface area contributed by atoms with Crippen molar-refractivity contribution >= 4 is 11.8 Å². The molecule has 0 N–H and O–H groups in total. The third-order valence-electron chi connectivity index (χ3n) is 5.47. The number of benzene rings is 1. The summed E-state index contributed by atoms with van der Waals surface area (Å²) in [6.07, 6.45) is 3.38. The van der Waals surface area contributed by atoms with Crippen LogP contribution in [0.2, 0.25) is 0 Å². The highest BCUT2D eigenvalue weighted by Gasteiger charge is 2.31. The summed E-state index contributed by atoms with van der Waals surface area (Å²) in [5.74, 6) is 1.49. The molecule has 8 heteroatoms. The van der Waals surface area contributed by atoms with E-state index < -0.39 is 0 Å². The molecule has 0 radical (unpaired) electrons. The van der Waals surface area contributed by atoms with Crippen LogP contribution in [-0.4, -0.2) is 65.7 Å². The number of hydrogen-bond acceptors (Lipinski definition) is 6. The van der Waals surface area contributed by atoms with Gasteiger partial charge in [0.2, 0.25) is 18.6 Å². The number of nitrogens with zero attached hydrogens (tertiary/aromatic N) is 3. The van der Waals surface area contributed by atoms with E-state index in [0.717, 1.165) is 11.1 Å². The summed E-state index contributed by atoms with van der Waals surface area (Å²) in [6, 6.07) is 9.29. The maximum Gasteiger partial charge on any atom is 0.242 e. The number of amides is 2. The average molecular weight is 440 g/mol. The van der Waals surface area contributed by atoms with Gasteiger partial charge in [0.05, 0.1) is 25.7 Å². The van der Waals surface area contributed by atoms with Gasteiger partial charge >= 0.3 is 0 Å². The molecule has 0 spiro atoms. The summed E-state index contributed by atoms with van der Waals surface area (Å²) in [4.78, 5) is 33.6. The SMILES string of the molecule is CC(C)CN1CC(OCc2cccnc2)CN(C(=O)Cc2ccc3c(c2)OCO3)CC1=O. The van der Waals surface area contributed by atoms with E-state index in [1.54, 1.807) is 17.3 Å². The molecular formula is C24H29N3O5. The van der Waals surface area contributed by atoms with E-state index in [9.17, 15) is 9.59 Å². The van der Waals surface area contributed by atoms with Crippen molar-refractivity contribution in [3.05, 3.63) is 53.9 Å². The summed E-state index contributed by atoms with van der Waals surface area (Å²) in [5.41, 5.74) is 1.78. The zero-order valence-electron chi connectivity index (χ0n) is 18.5. The molecule has 1 fully saturated rings. The van der Waals surface area contributed by atoms with Gasteiger partial charge in [-0.25, -0.2) is 0 Å². The molecule has 1 unspecified atom stereocenters. The Balaban J connectivity index is 1.45. The predicted octanol–water partition coefficient (Wildman–Crippen LogP) is 2.27. The van der Waals surface area contributed by atoms with Crippen LogP contribution in [0.1, 0.15) is 25.0 Å². The third kappa shape index (κ3) is 5.56. The zero-order valence-corrected chi connectivity index (χ0v) is 18.5. The second-order valence-corrected chi connectivity index (χ2v) is 8.63. The molecule has 2 amide bonds. The second kappa shape index (κ2) is 9.99. The Morgan fingerprint density at radius 3 is 2.81 bits per heavy atom. The van der Waals surface area contributed by atoms with Crippen molar-refractivity contribution in [3.8, 4) is 11.5 Å². The van der Waals surface area contributed by atoms with Gasteiger partial charge in [-0.05, 0) is 35.2 Å². The lowest BCUT2D eigenvalue weighted by molar-refractivity contribution is -0.138. The molecule has 2 aliphatic rings. The number of carbonyl (C=O) groups is 2. The fraction of sp³-hybridized carbons (Fsp3) is 0.458. The number of carbonyl (C=O) groups excluding carboxylic acids is 2. The molecule has 32 heavy (non-hydrogen) atoms. The molecule has 1 saturated heterocycles. The highest BCUT2D eigenvalue weighted by Crippen LogP contribution is 2.32. The van der Waals surface area contributed by atoms with Crippen LogP contribution in [0.25, 0.3) is 0 Å². The van der Waals surface area contributed by atoms with Crippen LogP contribution >= 0.6 is 0 Å². The standard InChI is InChI=1S/C24H29N3O5/c1-17(2)11-26-12-20(30-15-19-4-3-7-25-10-19)13-27(14-24(26)29)23(28)9-18-5-6-21-22(8-18)32-16-31-21/h3-8,10,17,20H,9,11-16H2,1-2H3. The summed E-state index contributed by atoms with van der Waals surface area (Å²) in [6.45, 7) is 6.24. The topological polar surface area (TPSA) is 81.2 Å². The van der Waals surface area contributed by atoms with Crippen LogP contribution in [0.15, 0.2) is 42.7 Å². The van der Waals surface area contributed by atoms with Gasteiger partial charge < -0.3 is 24.0 Å². The molecule has 0 aliphatic carbocycles. The maximum atomic E-state index is 13.1. The fourth-order valence-corrected chi connectivity index (χ4v) is 3.93. The molecule has 1 atom stereocenters. The monoisotopic (exact) mass is 439 g/mol. The Morgan fingerprint density at radius 1 is 1.19 bits per heavy atom. The van der Waals surface area contributed by atoms with Crippen molar-refractivity contribution in [2.24, 2.45) is 5.92 Å².